The van der Waals surface area contributed by atoms with E-state index in [4.69, 9.17) is 32.7 Å². The minimum atomic E-state index is -3.89. The Hall–Kier alpha value is -1.84. The zero-order valence-corrected chi connectivity index (χ0v) is 19.8. The smallest absolute Gasteiger partial charge is 0.255 e. The van der Waals surface area contributed by atoms with Gasteiger partial charge in [-0.3, -0.25) is 4.79 Å². The minimum Gasteiger partial charge on any atom is -0.497 e. The lowest BCUT2D eigenvalue weighted by molar-refractivity contribution is 0.0729. The van der Waals surface area contributed by atoms with Gasteiger partial charge in [0.2, 0.25) is 10.0 Å². The fraction of sp³-hybridized carbons (Fsp3) is 0.381. The van der Waals surface area contributed by atoms with Crippen molar-refractivity contribution < 1.29 is 22.7 Å². The van der Waals surface area contributed by atoms with E-state index in [9.17, 15) is 13.2 Å². The normalized spacial score (nSPS) is 16.0. The van der Waals surface area contributed by atoms with Crippen LogP contribution in [-0.4, -0.2) is 64.0 Å². The second-order valence-corrected chi connectivity index (χ2v) is 9.86. The van der Waals surface area contributed by atoms with Gasteiger partial charge >= 0.3 is 0 Å². The molecule has 1 saturated heterocycles. The SMILES string of the molecule is COc1ccc(C(C)N(C)C(=O)c2cc(S(=O)(=O)N3CCOCC3)c(Cl)cc2Cl)cc1. The second kappa shape index (κ2) is 9.75. The summed E-state index contributed by atoms with van der Waals surface area (Å²) in [4.78, 5) is 14.6. The number of rotatable bonds is 6. The van der Waals surface area contributed by atoms with Crippen LogP contribution in [0.25, 0.3) is 0 Å². The molecule has 0 saturated carbocycles. The van der Waals surface area contributed by atoms with Gasteiger partial charge < -0.3 is 14.4 Å². The zero-order chi connectivity index (χ0) is 22.8. The van der Waals surface area contributed by atoms with Crippen LogP contribution in [0, 0.1) is 0 Å². The molecule has 0 spiro atoms. The van der Waals surface area contributed by atoms with Gasteiger partial charge in [0, 0.05) is 20.1 Å². The molecule has 1 amide bonds. The number of halogens is 2. The molecule has 2 aromatic rings. The van der Waals surface area contributed by atoms with Crippen LogP contribution in [0.1, 0.15) is 28.9 Å². The molecule has 0 aliphatic carbocycles. The van der Waals surface area contributed by atoms with Crippen molar-refractivity contribution in [3.63, 3.8) is 0 Å². The summed E-state index contributed by atoms with van der Waals surface area (Å²) in [7, 11) is -0.673. The van der Waals surface area contributed by atoms with Crippen LogP contribution in [0.5, 0.6) is 5.75 Å². The van der Waals surface area contributed by atoms with Crippen molar-refractivity contribution in [2.75, 3.05) is 40.5 Å². The van der Waals surface area contributed by atoms with Crippen LogP contribution < -0.4 is 4.74 Å². The molecule has 0 N–H and O–H groups in total. The number of nitrogens with zero attached hydrogens (tertiary/aromatic N) is 2. The highest BCUT2D eigenvalue weighted by Crippen LogP contribution is 2.33. The van der Waals surface area contributed by atoms with Gasteiger partial charge in [-0.2, -0.15) is 4.31 Å². The number of carbonyl (C=O) groups excluding carboxylic acids is 1. The van der Waals surface area contributed by atoms with E-state index >= 15 is 0 Å². The molecule has 0 bridgehead atoms. The van der Waals surface area contributed by atoms with Crippen molar-refractivity contribution in [1.82, 2.24) is 9.21 Å². The highest BCUT2D eigenvalue weighted by Gasteiger charge is 2.31. The predicted octanol–water partition coefficient (Wildman–Crippen LogP) is 3.86. The van der Waals surface area contributed by atoms with Crippen LogP contribution in [-0.2, 0) is 14.8 Å². The largest absolute Gasteiger partial charge is 0.497 e. The van der Waals surface area contributed by atoms with Crippen molar-refractivity contribution in [2.45, 2.75) is 17.9 Å². The number of benzene rings is 2. The van der Waals surface area contributed by atoms with E-state index in [0.29, 0.717) is 19.0 Å². The second-order valence-electron chi connectivity index (χ2n) is 7.14. The fourth-order valence-corrected chi connectivity index (χ4v) is 5.53. The summed E-state index contributed by atoms with van der Waals surface area (Å²) < 4.78 is 37.9. The van der Waals surface area contributed by atoms with E-state index in [1.165, 1.54) is 21.3 Å². The summed E-state index contributed by atoms with van der Waals surface area (Å²) in [6.45, 7) is 2.92. The van der Waals surface area contributed by atoms with Gasteiger partial charge in [0.25, 0.3) is 5.91 Å². The first-order chi connectivity index (χ1) is 14.7. The van der Waals surface area contributed by atoms with Crippen molar-refractivity contribution in [3.8, 4) is 5.75 Å². The maximum Gasteiger partial charge on any atom is 0.255 e. The van der Waals surface area contributed by atoms with Gasteiger partial charge in [-0.05, 0) is 36.8 Å². The first-order valence-electron chi connectivity index (χ1n) is 9.65. The zero-order valence-electron chi connectivity index (χ0n) is 17.5. The van der Waals surface area contributed by atoms with Crippen molar-refractivity contribution in [1.29, 1.82) is 0 Å². The Morgan fingerprint density at radius 3 is 2.32 bits per heavy atom. The number of sulfonamides is 1. The standard InChI is InChI=1S/C21H24Cl2N2O5S/c1-14(15-4-6-16(29-3)7-5-15)24(2)21(26)17-12-20(19(23)13-18(17)22)31(27,28)25-8-10-30-11-9-25/h4-7,12-14H,8-11H2,1-3H3. The molecule has 3 rings (SSSR count). The van der Waals surface area contributed by atoms with E-state index in [-0.39, 0.29) is 39.6 Å². The third kappa shape index (κ3) is 4.99. The third-order valence-electron chi connectivity index (χ3n) is 5.34. The molecule has 1 atom stereocenters. The summed E-state index contributed by atoms with van der Waals surface area (Å²) >= 11 is 12.5. The lowest BCUT2D eigenvalue weighted by Crippen LogP contribution is -2.40. The molecule has 10 heteroatoms. The Morgan fingerprint density at radius 2 is 1.74 bits per heavy atom. The Balaban J connectivity index is 1.92. The van der Waals surface area contributed by atoms with E-state index < -0.39 is 15.9 Å². The molecule has 31 heavy (non-hydrogen) atoms. The Labute approximate surface area is 192 Å². The number of hydrogen-bond donors (Lipinski definition) is 0. The molecule has 0 radical (unpaired) electrons. The highest BCUT2D eigenvalue weighted by atomic mass is 35.5. The third-order valence-corrected chi connectivity index (χ3v) is 8.02. The summed E-state index contributed by atoms with van der Waals surface area (Å²) in [5, 5.41) is 0.0589. The van der Waals surface area contributed by atoms with Crippen LogP contribution in [0.3, 0.4) is 0 Å². The summed E-state index contributed by atoms with van der Waals surface area (Å²) in [6.07, 6.45) is 0. The predicted molar refractivity (Wildman–Crippen MR) is 120 cm³/mol. The average molecular weight is 487 g/mol. The number of morpholine rings is 1. The molecule has 1 heterocycles. The van der Waals surface area contributed by atoms with Crippen LogP contribution >= 0.6 is 23.2 Å². The maximum atomic E-state index is 13.2. The number of methoxy groups -OCH3 is 1. The van der Waals surface area contributed by atoms with E-state index in [2.05, 4.69) is 0 Å². The van der Waals surface area contributed by atoms with E-state index in [1.54, 1.807) is 14.2 Å². The molecule has 1 aliphatic heterocycles. The lowest BCUT2D eigenvalue weighted by atomic mass is 10.1. The van der Waals surface area contributed by atoms with Gasteiger partial charge in [-0.1, -0.05) is 35.3 Å². The van der Waals surface area contributed by atoms with Crippen LogP contribution in [0.4, 0.5) is 0 Å². The monoisotopic (exact) mass is 486 g/mol. The summed E-state index contributed by atoms with van der Waals surface area (Å²) in [5.74, 6) is 0.298. The molecule has 1 fully saturated rings. The maximum absolute atomic E-state index is 13.2. The quantitative estimate of drug-likeness (QED) is 0.619. The number of ether oxygens (including phenoxy) is 2. The van der Waals surface area contributed by atoms with Crippen LogP contribution in [0.2, 0.25) is 10.0 Å². The number of amides is 1. The average Bonchev–Trinajstić information content (AvgIpc) is 2.78. The Bertz CT molecular complexity index is 1050. The Kier molecular flexibility index (Phi) is 7.49. The summed E-state index contributed by atoms with van der Waals surface area (Å²) in [5.41, 5.74) is 0.962. The molecule has 1 unspecified atom stereocenters. The first-order valence-corrected chi connectivity index (χ1v) is 11.8. The lowest BCUT2D eigenvalue weighted by Gasteiger charge is -2.28. The first kappa shape index (κ1) is 23.8. The van der Waals surface area contributed by atoms with Gasteiger partial charge in [-0.25, -0.2) is 8.42 Å². The molecule has 0 aromatic heterocycles. The molecule has 7 nitrogen and oxygen atoms in total. The summed E-state index contributed by atoms with van der Waals surface area (Å²) in [6, 6.07) is 9.63. The number of hydrogen-bond acceptors (Lipinski definition) is 5. The van der Waals surface area contributed by atoms with Crippen molar-refractivity contribution in [2.24, 2.45) is 0 Å². The van der Waals surface area contributed by atoms with Crippen LogP contribution in [0.15, 0.2) is 41.3 Å². The van der Waals surface area contributed by atoms with E-state index in [1.807, 2.05) is 31.2 Å². The van der Waals surface area contributed by atoms with Crippen molar-refractivity contribution in [3.05, 3.63) is 57.6 Å². The molecule has 2 aromatic carbocycles. The van der Waals surface area contributed by atoms with Gasteiger partial charge in [0.05, 0.1) is 42.0 Å². The molecular formula is C21H24Cl2N2O5S. The molecule has 1 aliphatic rings. The van der Waals surface area contributed by atoms with Crippen molar-refractivity contribution >= 4 is 39.1 Å². The fourth-order valence-electron chi connectivity index (χ4n) is 3.29. The van der Waals surface area contributed by atoms with Gasteiger partial charge in [-0.15, -0.1) is 0 Å². The highest BCUT2D eigenvalue weighted by molar-refractivity contribution is 7.89. The minimum absolute atomic E-state index is 0.0288. The number of carbonyl (C=O) groups is 1. The molecular weight excluding hydrogens is 463 g/mol. The van der Waals surface area contributed by atoms with Gasteiger partial charge in [0.15, 0.2) is 0 Å². The van der Waals surface area contributed by atoms with Gasteiger partial charge in [0.1, 0.15) is 10.6 Å². The molecule has 168 valence electrons. The van der Waals surface area contributed by atoms with E-state index in [0.717, 1.165) is 5.56 Å². The topological polar surface area (TPSA) is 76.2 Å². The Morgan fingerprint density at radius 1 is 1.13 bits per heavy atom.